The van der Waals surface area contributed by atoms with Gasteiger partial charge < -0.3 is 9.47 Å². The first-order valence-corrected chi connectivity index (χ1v) is 8.37. The second-order valence-electron chi connectivity index (χ2n) is 5.31. The molecule has 132 valence electrons. The lowest BCUT2D eigenvalue weighted by molar-refractivity contribution is -0.385. The molecule has 0 unspecified atom stereocenters. The number of nitrogens with zero attached hydrogens (tertiary/aromatic N) is 1. The molecule has 0 aromatic heterocycles. The van der Waals surface area contributed by atoms with Crippen molar-refractivity contribution in [1.82, 2.24) is 0 Å². The van der Waals surface area contributed by atoms with Gasteiger partial charge >= 0.3 is 5.69 Å². The van der Waals surface area contributed by atoms with Crippen molar-refractivity contribution >= 4 is 28.9 Å². The average Bonchev–Trinajstić information content (AvgIpc) is 2.63. The van der Waals surface area contributed by atoms with Crippen LogP contribution in [-0.4, -0.2) is 4.92 Å². The van der Waals surface area contributed by atoms with Gasteiger partial charge in [-0.1, -0.05) is 53.5 Å². The largest absolute Gasteiger partial charge is 0.487 e. The topological polar surface area (TPSA) is 61.6 Å². The zero-order valence-corrected chi connectivity index (χ0v) is 14.9. The highest BCUT2D eigenvalue weighted by Crippen LogP contribution is 2.37. The molecule has 0 heterocycles. The van der Waals surface area contributed by atoms with Gasteiger partial charge in [0.05, 0.1) is 15.0 Å². The maximum atomic E-state index is 11.1. The summed E-state index contributed by atoms with van der Waals surface area (Å²) < 4.78 is 11.3. The van der Waals surface area contributed by atoms with Crippen molar-refractivity contribution in [3.05, 3.63) is 92.5 Å². The number of hydrogen-bond donors (Lipinski definition) is 0. The van der Waals surface area contributed by atoms with Crippen LogP contribution in [0.5, 0.6) is 17.2 Å². The van der Waals surface area contributed by atoms with E-state index in [1.54, 1.807) is 36.4 Å². The Morgan fingerprint density at radius 3 is 2.27 bits per heavy atom. The summed E-state index contributed by atoms with van der Waals surface area (Å²) in [5, 5.41) is 11.8. The summed E-state index contributed by atoms with van der Waals surface area (Å²) in [6, 6.07) is 18.6. The van der Waals surface area contributed by atoms with Crippen LogP contribution in [0.2, 0.25) is 10.0 Å². The van der Waals surface area contributed by atoms with E-state index in [4.69, 9.17) is 32.7 Å². The first kappa shape index (κ1) is 18.0. The highest BCUT2D eigenvalue weighted by atomic mass is 35.5. The van der Waals surface area contributed by atoms with Crippen LogP contribution in [-0.2, 0) is 6.61 Å². The van der Waals surface area contributed by atoms with Crippen LogP contribution in [0.4, 0.5) is 5.69 Å². The van der Waals surface area contributed by atoms with Gasteiger partial charge in [-0.3, -0.25) is 10.1 Å². The number of ether oxygens (including phenoxy) is 2. The quantitative estimate of drug-likeness (QED) is 0.367. The van der Waals surface area contributed by atoms with Crippen LogP contribution in [0.15, 0.2) is 66.7 Å². The smallest absolute Gasteiger partial charge is 0.313 e. The van der Waals surface area contributed by atoms with Gasteiger partial charge in [-0.15, -0.1) is 0 Å². The highest BCUT2D eigenvalue weighted by Gasteiger charge is 2.18. The Balaban J connectivity index is 1.71. The first-order chi connectivity index (χ1) is 12.5. The highest BCUT2D eigenvalue weighted by molar-refractivity contribution is 6.32. The molecule has 0 aliphatic carbocycles. The van der Waals surface area contributed by atoms with E-state index in [9.17, 15) is 10.1 Å². The van der Waals surface area contributed by atoms with Crippen LogP contribution >= 0.6 is 23.2 Å². The molecule has 0 bridgehead atoms. The molecule has 3 rings (SSSR count). The van der Waals surface area contributed by atoms with Crippen LogP contribution in [0.1, 0.15) is 5.56 Å². The Bertz CT molecular complexity index is 929. The minimum Gasteiger partial charge on any atom is -0.487 e. The van der Waals surface area contributed by atoms with E-state index < -0.39 is 4.92 Å². The third-order valence-electron chi connectivity index (χ3n) is 3.52. The first-order valence-electron chi connectivity index (χ1n) is 7.61. The minimum atomic E-state index is -0.535. The zero-order valence-electron chi connectivity index (χ0n) is 13.4. The second kappa shape index (κ2) is 8.08. The minimum absolute atomic E-state index is 0.0132. The molecule has 0 aliphatic heterocycles. The molecule has 0 spiro atoms. The normalized spacial score (nSPS) is 10.4. The van der Waals surface area contributed by atoms with Crippen LogP contribution in [0, 0.1) is 10.1 Å². The lowest BCUT2D eigenvalue weighted by atomic mass is 10.2. The summed E-state index contributed by atoms with van der Waals surface area (Å²) >= 11 is 12.1. The Labute approximate surface area is 159 Å². The molecule has 5 nitrogen and oxygen atoms in total. The van der Waals surface area contributed by atoms with Crippen molar-refractivity contribution < 1.29 is 14.4 Å². The fraction of sp³-hybridized carbons (Fsp3) is 0.0526. The summed E-state index contributed by atoms with van der Waals surface area (Å²) in [6.07, 6.45) is 0. The van der Waals surface area contributed by atoms with Gasteiger partial charge in [-0.25, -0.2) is 0 Å². The summed E-state index contributed by atoms with van der Waals surface area (Å²) in [4.78, 5) is 10.6. The van der Waals surface area contributed by atoms with Gasteiger partial charge in [0.2, 0.25) is 5.75 Å². The van der Waals surface area contributed by atoms with Gasteiger partial charge in [-0.2, -0.15) is 0 Å². The molecule has 0 N–H and O–H groups in total. The zero-order chi connectivity index (χ0) is 18.5. The monoisotopic (exact) mass is 389 g/mol. The van der Waals surface area contributed by atoms with Gasteiger partial charge in [0, 0.05) is 6.07 Å². The predicted molar refractivity (Wildman–Crippen MR) is 100 cm³/mol. The van der Waals surface area contributed by atoms with E-state index >= 15 is 0 Å². The predicted octanol–water partition coefficient (Wildman–Crippen LogP) is 6.27. The number of rotatable bonds is 6. The van der Waals surface area contributed by atoms with Crippen molar-refractivity contribution in [1.29, 1.82) is 0 Å². The lowest BCUT2D eigenvalue weighted by Crippen LogP contribution is -1.97. The summed E-state index contributed by atoms with van der Waals surface area (Å²) in [5.74, 6) is 1.04. The van der Waals surface area contributed by atoms with E-state index in [1.165, 1.54) is 18.2 Å². The fourth-order valence-electron chi connectivity index (χ4n) is 2.24. The molecule has 3 aromatic rings. The Hall–Kier alpha value is -2.76. The fourth-order valence-corrected chi connectivity index (χ4v) is 2.64. The van der Waals surface area contributed by atoms with E-state index in [0.29, 0.717) is 23.1 Å². The molecule has 0 fully saturated rings. The Kier molecular flexibility index (Phi) is 5.61. The standard InChI is InChI=1S/C19H13Cl2NO4/c20-15-4-1-2-7-18(15)25-12-13-8-10-14(11-9-13)26-19-16(21)5-3-6-17(19)22(23)24/h1-11H,12H2. The number of nitro groups is 1. The third kappa shape index (κ3) is 4.25. The summed E-state index contributed by atoms with van der Waals surface area (Å²) in [7, 11) is 0. The number of halogens is 2. The SMILES string of the molecule is O=[N+]([O-])c1cccc(Cl)c1Oc1ccc(COc2ccccc2Cl)cc1. The van der Waals surface area contributed by atoms with Crippen molar-refractivity contribution in [2.24, 2.45) is 0 Å². The van der Waals surface area contributed by atoms with E-state index in [-0.39, 0.29) is 16.5 Å². The van der Waals surface area contributed by atoms with Gasteiger partial charge in [0.15, 0.2) is 0 Å². The maximum absolute atomic E-state index is 11.1. The van der Waals surface area contributed by atoms with E-state index in [1.807, 2.05) is 12.1 Å². The Morgan fingerprint density at radius 1 is 0.885 bits per heavy atom. The second-order valence-corrected chi connectivity index (χ2v) is 6.12. The van der Waals surface area contributed by atoms with Crippen molar-refractivity contribution in [3.8, 4) is 17.2 Å². The van der Waals surface area contributed by atoms with Gasteiger partial charge in [0.25, 0.3) is 0 Å². The molecule has 0 saturated carbocycles. The molecule has 26 heavy (non-hydrogen) atoms. The molecule has 3 aromatic carbocycles. The molecular weight excluding hydrogens is 377 g/mol. The number of hydrogen-bond acceptors (Lipinski definition) is 4. The van der Waals surface area contributed by atoms with Crippen LogP contribution < -0.4 is 9.47 Å². The van der Waals surface area contributed by atoms with Crippen molar-refractivity contribution in [3.63, 3.8) is 0 Å². The number of benzene rings is 3. The third-order valence-corrected chi connectivity index (χ3v) is 4.13. The van der Waals surface area contributed by atoms with Crippen LogP contribution in [0.25, 0.3) is 0 Å². The average molecular weight is 390 g/mol. The molecule has 0 amide bonds. The molecule has 0 radical (unpaired) electrons. The maximum Gasteiger partial charge on any atom is 0.313 e. The van der Waals surface area contributed by atoms with E-state index in [0.717, 1.165) is 5.56 Å². The molecule has 7 heteroatoms. The summed E-state index contributed by atoms with van der Waals surface area (Å²) in [6.45, 7) is 0.330. The molecule has 0 aliphatic rings. The number of nitro benzene ring substituents is 1. The number of para-hydroxylation sites is 2. The molecule has 0 saturated heterocycles. The molecule has 0 atom stereocenters. The van der Waals surface area contributed by atoms with Gasteiger partial charge in [0.1, 0.15) is 18.1 Å². The molecular formula is C19H13Cl2NO4. The van der Waals surface area contributed by atoms with E-state index in [2.05, 4.69) is 0 Å². The summed E-state index contributed by atoms with van der Waals surface area (Å²) in [5.41, 5.74) is 0.703. The van der Waals surface area contributed by atoms with Crippen molar-refractivity contribution in [2.45, 2.75) is 6.61 Å². The van der Waals surface area contributed by atoms with Crippen LogP contribution in [0.3, 0.4) is 0 Å². The lowest BCUT2D eigenvalue weighted by Gasteiger charge is -2.10. The Morgan fingerprint density at radius 2 is 1.58 bits per heavy atom. The van der Waals surface area contributed by atoms with Crippen molar-refractivity contribution in [2.75, 3.05) is 0 Å². The van der Waals surface area contributed by atoms with Gasteiger partial charge in [-0.05, 0) is 35.9 Å².